The Labute approximate surface area is 115 Å². The summed E-state index contributed by atoms with van der Waals surface area (Å²) in [5.41, 5.74) is 5.57. The van der Waals surface area contributed by atoms with E-state index in [1.165, 1.54) is 12.3 Å². The second-order valence-corrected chi connectivity index (χ2v) is 4.50. The van der Waals surface area contributed by atoms with Crippen molar-refractivity contribution < 1.29 is 13.5 Å². The van der Waals surface area contributed by atoms with Crippen LogP contribution in [0, 0.1) is 0 Å². The van der Waals surface area contributed by atoms with Gasteiger partial charge in [-0.2, -0.15) is 0 Å². The number of nitrogens with two attached hydrogens (primary N) is 1. The largest absolute Gasteiger partial charge is 0.375 e. The van der Waals surface area contributed by atoms with Crippen LogP contribution in [0.25, 0.3) is 0 Å². The molecular formula is C12H17F2N5O. The lowest BCUT2D eigenvalue weighted by molar-refractivity contribution is 0.00528. The van der Waals surface area contributed by atoms with E-state index in [2.05, 4.69) is 15.0 Å². The maximum atomic E-state index is 12.5. The molecule has 0 spiro atoms. The minimum atomic E-state index is -2.61. The van der Waals surface area contributed by atoms with Crippen LogP contribution in [0.3, 0.4) is 0 Å². The Morgan fingerprint density at radius 3 is 3.15 bits per heavy atom. The number of nitrogens with zero attached hydrogens (tertiary/aromatic N) is 4. The van der Waals surface area contributed by atoms with E-state index >= 15 is 0 Å². The number of ether oxygens (including phenoxy) is 1. The van der Waals surface area contributed by atoms with E-state index in [4.69, 9.17) is 10.5 Å². The summed E-state index contributed by atoms with van der Waals surface area (Å²) in [6.07, 6.45) is -1.22. The molecule has 2 heterocycles. The number of rotatable bonds is 3. The standard InChI is InChI=1S/C12H17F2N5O/c1-8-7-19(4-5-20-8)12(15)17-6-10-16-3-2-9(18-10)11(13)14/h2-3,8,11H,4-7H2,1H3,(H2,15,17). The van der Waals surface area contributed by atoms with Gasteiger partial charge in [-0.3, -0.25) is 0 Å². The Balaban J connectivity index is 1.99. The molecule has 8 heteroatoms. The van der Waals surface area contributed by atoms with Gasteiger partial charge >= 0.3 is 0 Å². The van der Waals surface area contributed by atoms with Crippen molar-refractivity contribution in [2.45, 2.75) is 26.0 Å². The van der Waals surface area contributed by atoms with Crippen LogP contribution in [0.5, 0.6) is 0 Å². The highest BCUT2D eigenvalue weighted by molar-refractivity contribution is 5.78. The van der Waals surface area contributed by atoms with Crippen molar-refractivity contribution >= 4 is 5.96 Å². The average Bonchev–Trinajstić information content (AvgIpc) is 2.45. The van der Waals surface area contributed by atoms with E-state index < -0.39 is 6.43 Å². The molecule has 1 aliphatic rings. The summed E-state index contributed by atoms with van der Waals surface area (Å²) < 4.78 is 30.4. The third-order valence-electron chi connectivity index (χ3n) is 2.90. The van der Waals surface area contributed by atoms with E-state index in [-0.39, 0.29) is 24.2 Å². The maximum absolute atomic E-state index is 12.5. The molecule has 1 unspecified atom stereocenters. The van der Waals surface area contributed by atoms with Crippen molar-refractivity contribution in [2.24, 2.45) is 10.7 Å². The number of guanidine groups is 1. The maximum Gasteiger partial charge on any atom is 0.280 e. The molecule has 0 saturated carbocycles. The minimum Gasteiger partial charge on any atom is -0.375 e. The number of aromatic nitrogens is 2. The first kappa shape index (κ1) is 14.6. The van der Waals surface area contributed by atoms with Gasteiger partial charge in [0.15, 0.2) is 5.96 Å². The van der Waals surface area contributed by atoms with E-state index in [0.717, 1.165) is 0 Å². The SMILES string of the molecule is CC1CN(C(N)=NCc2nccc(C(F)F)n2)CCO1. The molecule has 0 aliphatic carbocycles. The van der Waals surface area contributed by atoms with Gasteiger partial charge in [0.25, 0.3) is 6.43 Å². The topological polar surface area (TPSA) is 76.6 Å². The van der Waals surface area contributed by atoms with Crippen molar-refractivity contribution in [3.63, 3.8) is 0 Å². The first-order valence-corrected chi connectivity index (χ1v) is 6.32. The Morgan fingerprint density at radius 2 is 2.45 bits per heavy atom. The quantitative estimate of drug-likeness (QED) is 0.661. The summed E-state index contributed by atoms with van der Waals surface area (Å²) in [6, 6.07) is 1.19. The van der Waals surface area contributed by atoms with Gasteiger partial charge in [-0.1, -0.05) is 0 Å². The van der Waals surface area contributed by atoms with Gasteiger partial charge in [-0.25, -0.2) is 23.7 Å². The molecule has 0 radical (unpaired) electrons. The first-order chi connectivity index (χ1) is 9.56. The average molecular weight is 285 g/mol. The highest BCUT2D eigenvalue weighted by atomic mass is 19.3. The molecule has 0 aromatic carbocycles. The summed E-state index contributed by atoms with van der Waals surface area (Å²) >= 11 is 0. The van der Waals surface area contributed by atoms with Crippen LogP contribution < -0.4 is 5.73 Å². The monoisotopic (exact) mass is 285 g/mol. The molecule has 0 amide bonds. The second kappa shape index (κ2) is 6.56. The first-order valence-electron chi connectivity index (χ1n) is 6.32. The minimum absolute atomic E-state index is 0.0815. The molecule has 0 bridgehead atoms. The number of alkyl halides is 2. The Morgan fingerprint density at radius 1 is 1.65 bits per heavy atom. The Kier molecular flexibility index (Phi) is 4.78. The van der Waals surface area contributed by atoms with Crippen LogP contribution in [0.2, 0.25) is 0 Å². The highest BCUT2D eigenvalue weighted by Crippen LogP contribution is 2.15. The normalized spacial score (nSPS) is 20.5. The van der Waals surface area contributed by atoms with Crippen LogP contribution in [0.1, 0.15) is 24.9 Å². The lowest BCUT2D eigenvalue weighted by Crippen LogP contribution is -2.47. The second-order valence-electron chi connectivity index (χ2n) is 4.50. The molecule has 1 atom stereocenters. The summed E-state index contributed by atoms with van der Waals surface area (Å²) in [5, 5.41) is 0. The lowest BCUT2D eigenvalue weighted by atomic mass is 10.3. The molecule has 1 aromatic heterocycles. The van der Waals surface area contributed by atoms with Gasteiger partial charge in [0.2, 0.25) is 0 Å². The fraction of sp³-hybridized carbons (Fsp3) is 0.583. The van der Waals surface area contributed by atoms with E-state index in [1.807, 2.05) is 11.8 Å². The van der Waals surface area contributed by atoms with Crippen LogP contribution in [-0.4, -0.2) is 46.6 Å². The zero-order chi connectivity index (χ0) is 14.5. The Bertz CT molecular complexity index is 483. The zero-order valence-corrected chi connectivity index (χ0v) is 11.2. The molecule has 20 heavy (non-hydrogen) atoms. The zero-order valence-electron chi connectivity index (χ0n) is 11.2. The predicted molar refractivity (Wildman–Crippen MR) is 69.3 cm³/mol. The van der Waals surface area contributed by atoms with Gasteiger partial charge < -0.3 is 15.4 Å². The van der Waals surface area contributed by atoms with Crippen molar-refractivity contribution in [2.75, 3.05) is 19.7 Å². The summed E-state index contributed by atoms with van der Waals surface area (Å²) in [6.45, 7) is 3.95. The smallest absolute Gasteiger partial charge is 0.280 e. The summed E-state index contributed by atoms with van der Waals surface area (Å²) in [7, 11) is 0. The third kappa shape index (κ3) is 3.83. The van der Waals surface area contributed by atoms with E-state index in [1.54, 1.807) is 0 Å². The lowest BCUT2D eigenvalue weighted by Gasteiger charge is -2.31. The number of hydrogen-bond donors (Lipinski definition) is 1. The number of halogens is 2. The van der Waals surface area contributed by atoms with E-state index in [0.29, 0.717) is 25.7 Å². The molecule has 2 rings (SSSR count). The van der Waals surface area contributed by atoms with Gasteiger partial charge in [-0.15, -0.1) is 0 Å². The molecule has 2 N–H and O–H groups in total. The summed E-state index contributed by atoms with van der Waals surface area (Å²) in [4.78, 5) is 13.7. The van der Waals surface area contributed by atoms with Crippen molar-refractivity contribution in [3.8, 4) is 0 Å². The molecule has 1 fully saturated rings. The van der Waals surface area contributed by atoms with E-state index in [9.17, 15) is 8.78 Å². The molecule has 1 aliphatic heterocycles. The Hall–Kier alpha value is -1.83. The predicted octanol–water partition coefficient (Wildman–Crippen LogP) is 0.950. The molecule has 1 aromatic rings. The van der Waals surface area contributed by atoms with Crippen LogP contribution >= 0.6 is 0 Å². The van der Waals surface area contributed by atoms with Crippen LogP contribution in [-0.2, 0) is 11.3 Å². The highest BCUT2D eigenvalue weighted by Gasteiger charge is 2.18. The van der Waals surface area contributed by atoms with Crippen molar-refractivity contribution in [1.82, 2.24) is 14.9 Å². The third-order valence-corrected chi connectivity index (χ3v) is 2.90. The molecule has 1 saturated heterocycles. The number of hydrogen-bond acceptors (Lipinski definition) is 4. The van der Waals surface area contributed by atoms with Crippen LogP contribution in [0.4, 0.5) is 8.78 Å². The number of morpholine rings is 1. The number of aliphatic imine (C=N–C) groups is 1. The summed E-state index contributed by atoms with van der Waals surface area (Å²) in [5.74, 6) is 0.582. The van der Waals surface area contributed by atoms with Gasteiger partial charge in [0.05, 0.1) is 12.7 Å². The van der Waals surface area contributed by atoms with Gasteiger partial charge in [-0.05, 0) is 13.0 Å². The van der Waals surface area contributed by atoms with Crippen molar-refractivity contribution in [3.05, 3.63) is 23.8 Å². The van der Waals surface area contributed by atoms with Gasteiger partial charge in [0.1, 0.15) is 18.1 Å². The fourth-order valence-corrected chi connectivity index (χ4v) is 1.89. The van der Waals surface area contributed by atoms with Crippen LogP contribution in [0.15, 0.2) is 17.3 Å². The molecular weight excluding hydrogens is 268 g/mol. The molecule has 110 valence electrons. The fourth-order valence-electron chi connectivity index (χ4n) is 1.89. The van der Waals surface area contributed by atoms with Gasteiger partial charge in [0, 0.05) is 19.3 Å². The van der Waals surface area contributed by atoms with Crippen molar-refractivity contribution in [1.29, 1.82) is 0 Å². The molecule has 6 nitrogen and oxygen atoms in total.